The van der Waals surface area contributed by atoms with Gasteiger partial charge in [0.1, 0.15) is 5.75 Å². The average Bonchev–Trinajstić information content (AvgIpc) is 2.70. The van der Waals surface area contributed by atoms with Crippen molar-refractivity contribution in [2.24, 2.45) is 0 Å². The highest BCUT2D eigenvalue weighted by molar-refractivity contribution is 6.31. The second kappa shape index (κ2) is 4.87. The largest absolute Gasteiger partial charge is 0.422 e. The van der Waals surface area contributed by atoms with Crippen molar-refractivity contribution in [1.82, 2.24) is 0 Å². The van der Waals surface area contributed by atoms with Crippen LogP contribution in [0.1, 0.15) is 31.1 Å². The van der Waals surface area contributed by atoms with Crippen LogP contribution in [0.2, 0.25) is 0 Å². The van der Waals surface area contributed by atoms with Crippen LogP contribution in [0.5, 0.6) is 5.75 Å². The molecule has 22 heavy (non-hydrogen) atoms. The fraction of sp³-hybridized carbons (Fsp3) is 0.0625. The Bertz CT molecular complexity index is 792. The van der Waals surface area contributed by atoms with E-state index in [-0.39, 0.29) is 22.4 Å². The summed E-state index contributed by atoms with van der Waals surface area (Å²) in [5.41, 5.74) is -0.230. The molecule has 0 saturated carbocycles. The summed E-state index contributed by atoms with van der Waals surface area (Å²) in [6.45, 7) is 0. The predicted octanol–water partition coefficient (Wildman–Crippen LogP) is 0.966. The molecule has 0 atom stereocenters. The first-order chi connectivity index (χ1) is 10.4. The number of fused-ring (bicyclic) bond motifs is 1. The zero-order valence-corrected chi connectivity index (χ0v) is 11.1. The molecule has 2 N–H and O–H groups in total. The molecule has 6 heteroatoms. The van der Waals surface area contributed by atoms with Crippen LogP contribution in [0.25, 0.3) is 0 Å². The number of carbonyl (C=O) groups excluding carboxylic acids is 3. The van der Waals surface area contributed by atoms with E-state index in [0.29, 0.717) is 0 Å². The third-order valence-electron chi connectivity index (χ3n) is 3.34. The van der Waals surface area contributed by atoms with E-state index in [4.69, 9.17) is 4.74 Å². The minimum absolute atomic E-state index is 0.185. The number of carbonyl (C=O) groups is 3. The number of rotatable bonds is 2. The zero-order valence-electron chi connectivity index (χ0n) is 11.1. The minimum Gasteiger partial charge on any atom is -0.422 e. The molecule has 3 rings (SSSR count). The van der Waals surface area contributed by atoms with Gasteiger partial charge in [0.2, 0.25) is 11.6 Å². The van der Waals surface area contributed by atoms with Gasteiger partial charge in [-0.25, -0.2) is 4.79 Å². The maximum atomic E-state index is 12.0. The molecule has 6 nitrogen and oxygen atoms in total. The lowest BCUT2D eigenvalue weighted by Gasteiger charge is -2.10. The molecule has 0 saturated heterocycles. The topological polar surface area (TPSA) is 101 Å². The molecule has 0 unspecified atom stereocenters. The van der Waals surface area contributed by atoms with Crippen LogP contribution < -0.4 is 4.74 Å². The summed E-state index contributed by atoms with van der Waals surface area (Å²) < 4.78 is 5.12. The third kappa shape index (κ3) is 2.02. The van der Waals surface area contributed by atoms with Crippen molar-refractivity contribution >= 4 is 17.5 Å². The van der Waals surface area contributed by atoms with E-state index in [2.05, 4.69) is 0 Å². The van der Waals surface area contributed by atoms with Crippen molar-refractivity contribution in [3.05, 3.63) is 65.2 Å². The summed E-state index contributed by atoms with van der Waals surface area (Å²) in [4.78, 5) is 35.8. The maximum Gasteiger partial charge on any atom is 0.343 e. The van der Waals surface area contributed by atoms with Crippen molar-refractivity contribution in [1.29, 1.82) is 0 Å². The lowest BCUT2D eigenvalue weighted by atomic mass is 10.1. The quantitative estimate of drug-likeness (QED) is 0.371. The first kappa shape index (κ1) is 14.1. The number of ketones is 2. The van der Waals surface area contributed by atoms with Gasteiger partial charge in [-0.2, -0.15) is 0 Å². The van der Waals surface area contributed by atoms with Crippen LogP contribution in [0, 0.1) is 0 Å². The van der Waals surface area contributed by atoms with Crippen molar-refractivity contribution in [2.75, 3.05) is 0 Å². The molecular formula is C16H10O6. The predicted molar refractivity (Wildman–Crippen MR) is 73.7 cm³/mol. The number of hydrogen-bond acceptors (Lipinski definition) is 6. The van der Waals surface area contributed by atoms with Crippen LogP contribution in [0.15, 0.2) is 48.5 Å². The summed E-state index contributed by atoms with van der Waals surface area (Å²) in [5.74, 6) is -6.36. The fourth-order valence-corrected chi connectivity index (χ4v) is 2.24. The van der Waals surface area contributed by atoms with E-state index in [1.807, 2.05) is 0 Å². The average molecular weight is 298 g/mol. The van der Waals surface area contributed by atoms with Crippen LogP contribution in [-0.2, 0) is 0 Å². The van der Waals surface area contributed by atoms with Gasteiger partial charge < -0.3 is 14.9 Å². The van der Waals surface area contributed by atoms with Gasteiger partial charge in [-0.05, 0) is 18.2 Å². The van der Waals surface area contributed by atoms with Gasteiger partial charge in [0, 0.05) is 5.56 Å². The molecule has 0 heterocycles. The smallest absolute Gasteiger partial charge is 0.343 e. The third-order valence-corrected chi connectivity index (χ3v) is 3.34. The number of benzene rings is 2. The van der Waals surface area contributed by atoms with Crippen molar-refractivity contribution in [3.8, 4) is 5.75 Å². The molecule has 0 fully saturated rings. The number of hydrogen-bond donors (Lipinski definition) is 2. The molecule has 0 aromatic heterocycles. The van der Waals surface area contributed by atoms with Crippen LogP contribution in [0.3, 0.4) is 0 Å². The summed E-state index contributed by atoms with van der Waals surface area (Å²) in [6.07, 6.45) is 0. The molecule has 0 spiro atoms. The fourth-order valence-electron chi connectivity index (χ4n) is 2.24. The second-order valence-corrected chi connectivity index (χ2v) is 4.76. The summed E-state index contributed by atoms with van der Waals surface area (Å²) in [6, 6.07) is 12.0. The molecule has 0 amide bonds. The minimum atomic E-state index is -3.11. The zero-order chi connectivity index (χ0) is 15.9. The van der Waals surface area contributed by atoms with E-state index >= 15 is 0 Å². The molecular weight excluding hydrogens is 288 g/mol. The normalized spacial score (nSPS) is 15.5. The van der Waals surface area contributed by atoms with Crippen molar-refractivity contribution in [2.45, 2.75) is 5.79 Å². The first-order valence-electron chi connectivity index (χ1n) is 6.37. The van der Waals surface area contributed by atoms with Crippen LogP contribution >= 0.6 is 0 Å². The van der Waals surface area contributed by atoms with E-state index in [1.165, 1.54) is 30.3 Å². The van der Waals surface area contributed by atoms with Gasteiger partial charge in [-0.1, -0.05) is 30.3 Å². The Kier molecular flexibility index (Phi) is 3.13. The SMILES string of the molecule is O=C(Oc1cccc2c1C(=O)C(O)(O)C2=O)c1ccccc1. The Balaban J connectivity index is 2.01. The Morgan fingerprint density at radius 1 is 0.909 bits per heavy atom. The highest BCUT2D eigenvalue weighted by atomic mass is 16.5. The Morgan fingerprint density at radius 2 is 1.59 bits per heavy atom. The monoisotopic (exact) mass is 298 g/mol. The van der Waals surface area contributed by atoms with Gasteiger partial charge >= 0.3 is 5.97 Å². The van der Waals surface area contributed by atoms with E-state index < -0.39 is 23.3 Å². The summed E-state index contributed by atoms with van der Waals surface area (Å²) in [5, 5.41) is 19.1. The van der Waals surface area contributed by atoms with Gasteiger partial charge in [-0.3, -0.25) is 9.59 Å². The lowest BCUT2D eigenvalue weighted by molar-refractivity contribution is -0.0857. The van der Waals surface area contributed by atoms with Gasteiger partial charge in [0.25, 0.3) is 5.79 Å². The van der Waals surface area contributed by atoms with E-state index in [1.54, 1.807) is 18.2 Å². The summed E-state index contributed by atoms with van der Waals surface area (Å²) >= 11 is 0. The number of Topliss-reactive ketones (excluding diaryl/α,β-unsaturated/α-hetero) is 2. The maximum absolute atomic E-state index is 12.0. The van der Waals surface area contributed by atoms with Crippen LogP contribution in [-0.4, -0.2) is 33.5 Å². The van der Waals surface area contributed by atoms with Crippen LogP contribution in [0.4, 0.5) is 0 Å². The van der Waals surface area contributed by atoms with Gasteiger partial charge in [0.15, 0.2) is 0 Å². The molecule has 0 bridgehead atoms. The lowest BCUT2D eigenvalue weighted by Crippen LogP contribution is -2.40. The number of aliphatic hydroxyl groups is 2. The molecule has 0 radical (unpaired) electrons. The molecule has 2 aromatic rings. The second-order valence-electron chi connectivity index (χ2n) is 4.76. The molecule has 1 aliphatic carbocycles. The standard InChI is InChI=1S/C16H10O6/c17-13-10-7-4-8-11(12(10)14(18)16(13,20)21)22-15(19)9-5-2-1-3-6-9/h1-8,20-21H. The highest BCUT2D eigenvalue weighted by Gasteiger charge is 2.52. The molecule has 2 aromatic carbocycles. The van der Waals surface area contributed by atoms with E-state index in [0.717, 1.165) is 0 Å². The Morgan fingerprint density at radius 3 is 2.27 bits per heavy atom. The molecule has 0 aliphatic heterocycles. The molecule has 1 aliphatic rings. The summed E-state index contributed by atoms with van der Waals surface area (Å²) in [7, 11) is 0. The van der Waals surface area contributed by atoms with Gasteiger partial charge in [0.05, 0.1) is 11.1 Å². The first-order valence-corrected chi connectivity index (χ1v) is 6.37. The van der Waals surface area contributed by atoms with Crippen molar-refractivity contribution < 1.29 is 29.3 Å². The highest BCUT2D eigenvalue weighted by Crippen LogP contribution is 2.35. The van der Waals surface area contributed by atoms with Crippen molar-refractivity contribution in [3.63, 3.8) is 0 Å². The number of esters is 1. The van der Waals surface area contributed by atoms with Gasteiger partial charge in [-0.15, -0.1) is 0 Å². The Labute approximate surface area is 124 Å². The van der Waals surface area contributed by atoms with E-state index in [9.17, 15) is 24.6 Å². The molecule has 110 valence electrons. The Hall–Kier alpha value is -2.83. The number of ether oxygens (including phenoxy) is 1.